The lowest BCUT2D eigenvalue weighted by Gasteiger charge is -2.10. The number of halogens is 2. The van der Waals surface area contributed by atoms with E-state index in [2.05, 4.69) is 0 Å². The third-order valence-corrected chi connectivity index (χ3v) is 2.98. The zero-order chi connectivity index (χ0) is 15.4. The maximum Gasteiger partial charge on any atom is 0.140 e. The number of hydrogen-bond acceptors (Lipinski definition) is 3. The van der Waals surface area contributed by atoms with Crippen LogP contribution in [0, 0.1) is 23.0 Å². The van der Waals surface area contributed by atoms with Gasteiger partial charge in [-0.3, -0.25) is 0 Å². The normalized spacial score (nSPS) is 11.8. The smallest absolute Gasteiger partial charge is 0.140 e. The first-order valence-electron chi connectivity index (χ1n) is 6.30. The molecule has 0 aromatic heterocycles. The highest BCUT2D eigenvalue weighted by Gasteiger charge is 2.09. The number of aliphatic hydroxyl groups is 1. The number of nitriles is 1. The van der Waals surface area contributed by atoms with Gasteiger partial charge in [-0.2, -0.15) is 5.26 Å². The van der Waals surface area contributed by atoms with Crippen LogP contribution in [0.4, 0.5) is 8.78 Å². The van der Waals surface area contributed by atoms with Crippen molar-refractivity contribution >= 4 is 0 Å². The second-order valence-corrected chi connectivity index (χ2v) is 4.57. The Labute approximate surface area is 121 Å². The lowest BCUT2D eigenvalue weighted by Crippen LogP contribution is -2.00. The van der Waals surface area contributed by atoms with E-state index in [0.29, 0.717) is 11.3 Å². The van der Waals surface area contributed by atoms with E-state index in [1.54, 1.807) is 12.1 Å². The highest BCUT2D eigenvalue weighted by molar-refractivity contribution is 5.35. The molecule has 0 aliphatic carbocycles. The van der Waals surface area contributed by atoms with Gasteiger partial charge >= 0.3 is 0 Å². The summed E-state index contributed by atoms with van der Waals surface area (Å²) >= 11 is 0. The summed E-state index contributed by atoms with van der Waals surface area (Å²) in [6.07, 6.45) is -0.894. The van der Waals surface area contributed by atoms with Crippen LogP contribution >= 0.6 is 0 Å². The van der Waals surface area contributed by atoms with Gasteiger partial charge in [0.15, 0.2) is 0 Å². The summed E-state index contributed by atoms with van der Waals surface area (Å²) in [6.45, 7) is 1.56. The number of nitrogens with zero attached hydrogens (tertiary/aromatic N) is 1. The third-order valence-electron chi connectivity index (χ3n) is 2.98. The van der Waals surface area contributed by atoms with Crippen molar-refractivity contribution in [2.24, 2.45) is 0 Å². The van der Waals surface area contributed by atoms with Gasteiger partial charge < -0.3 is 9.84 Å². The van der Waals surface area contributed by atoms with Gasteiger partial charge in [-0.1, -0.05) is 6.07 Å². The van der Waals surface area contributed by atoms with Gasteiger partial charge in [0, 0.05) is 11.6 Å². The Kier molecular flexibility index (Phi) is 4.51. The topological polar surface area (TPSA) is 53.2 Å². The summed E-state index contributed by atoms with van der Waals surface area (Å²) in [4.78, 5) is 0. The van der Waals surface area contributed by atoms with E-state index >= 15 is 0 Å². The minimum atomic E-state index is -0.894. The second kappa shape index (κ2) is 6.33. The van der Waals surface area contributed by atoms with E-state index in [4.69, 9.17) is 10.00 Å². The first kappa shape index (κ1) is 14.9. The van der Waals surface area contributed by atoms with E-state index in [1.165, 1.54) is 37.3 Å². The summed E-state index contributed by atoms with van der Waals surface area (Å²) in [7, 11) is 0. The van der Waals surface area contributed by atoms with Crippen molar-refractivity contribution in [2.45, 2.75) is 19.6 Å². The number of benzene rings is 2. The molecule has 2 rings (SSSR count). The van der Waals surface area contributed by atoms with Gasteiger partial charge in [-0.25, -0.2) is 8.78 Å². The standard InChI is InChI=1S/C16H13F2NO2/c1-10(20)14-4-3-13(7-16(14)18)21-9-11-2-5-15(17)12(6-11)8-19/h2-7,10,20H,9H2,1H3. The molecule has 0 bridgehead atoms. The molecule has 1 atom stereocenters. The highest BCUT2D eigenvalue weighted by atomic mass is 19.1. The fraction of sp³-hybridized carbons (Fsp3) is 0.188. The fourth-order valence-corrected chi connectivity index (χ4v) is 1.85. The number of rotatable bonds is 4. The molecule has 0 aliphatic rings. The summed E-state index contributed by atoms with van der Waals surface area (Å²) in [6, 6.07) is 9.98. The van der Waals surface area contributed by atoms with Gasteiger partial charge in [-0.05, 0) is 36.8 Å². The molecule has 0 amide bonds. The Bertz CT molecular complexity index is 693. The molecule has 2 aromatic rings. The van der Waals surface area contributed by atoms with Gasteiger partial charge in [-0.15, -0.1) is 0 Å². The van der Waals surface area contributed by atoms with Crippen LogP contribution < -0.4 is 4.74 Å². The third kappa shape index (κ3) is 3.56. The van der Waals surface area contributed by atoms with Crippen LogP contribution in [0.5, 0.6) is 5.75 Å². The average Bonchev–Trinajstić information content (AvgIpc) is 2.46. The Morgan fingerprint density at radius 1 is 1.19 bits per heavy atom. The van der Waals surface area contributed by atoms with Crippen molar-refractivity contribution in [1.82, 2.24) is 0 Å². The zero-order valence-corrected chi connectivity index (χ0v) is 11.3. The van der Waals surface area contributed by atoms with E-state index in [-0.39, 0.29) is 17.7 Å². The van der Waals surface area contributed by atoms with Gasteiger partial charge in [0.2, 0.25) is 0 Å². The minimum Gasteiger partial charge on any atom is -0.489 e. The van der Waals surface area contributed by atoms with Crippen LogP contribution in [-0.4, -0.2) is 5.11 Å². The van der Waals surface area contributed by atoms with E-state index < -0.39 is 17.7 Å². The molecule has 0 saturated heterocycles. The van der Waals surface area contributed by atoms with Crippen LogP contribution in [-0.2, 0) is 6.61 Å². The second-order valence-electron chi connectivity index (χ2n) is 4.57. The number of ether oxygens (including phenoxy) is 1. The van der Waals surface area contributed by atoms with E-state index in [1.807, 2.05) is 0 Å². The lowest BCUT2D eigenvalue weighted by atomic mass is 10.1. The molecular weight excluding hydrogens is 276 g/mol. The van der Waals surface area contributed by atoms with Crippen molar-refractivity contribution < 1.29 is 18.6 Å². The van der Waals surface area contributed by atoms with Crippen LogP contribution in [0.3, 0.4) is 0 Å². The molecule has 5 heteroatoms. The van der Waals surface area contributed by atoms with Crippen molar-refractivity contribution in [3.63, 3.8) is 0 Å². The van der Waals surface area contributed by atoms with Crippen LogP contribution in [0.1, 0.15) is 29.7 Å². The van der Waals surface area contributed by atoms with Crippen LogP contribution in [0.2, 0.25) is 0 Å². The number of hydrogen-bond donors (Lipinski definition) is 1. The van der Waals surface area contributed by atoms with Crippen molar-refractivity contribution in [3.05, 3.63) is 64.7 Å². The van der Waals surface area contributed by atoms with E-state index in [9.17, 15) is 13.9 Å². The molecule has 2 aromatic carbocycles. The van der Waals surface area contributed by atoms with Gasteiger partial charge in [0.1, 0.15) is 30.1 Å². The first-order valence-corrected chi connectivity index (χ1v) is 6.30. The monoisotopic (exact) mass is 289 g/mol. The fourth-order valence-electron chi connectivity index (χ4n) is 1.85. The van der Waals surface area contributed by atoms with Gasteiger partial charge in [0.25, 0.3) is 0 Å². The largest absolute Gasteiger partial charge is 0.489 e. The molecule has 3 nitrogen and oxygen atoms in total. The molecule has 21 heavy (non-hydrogen) atoms. The van der Waals surface area contributed by atoms with Crippen molar-refractivity contribution in [1.29, 1.82) is 5.26 Å². The minimum absolute atomic E-state index is 0.0632. The molecular formula is C16H13F2NO2. The Morgan fingerprint density at radius 2 is 1.95 bits per heavy atom. The lowest BCUT2D eigenvalue weighted by molar-refractivity contribution is 0.194. The SMILES string of the molecule is CC(O)c1ccc(OCc2ccc(F)c(C#N)c2)cc1F. The summed E-state index contributed by atoms with van der Waals surface area (Å²) in [5.41, 5.74) is 0.732. The van der Waals surface area contributed by atoms with Crippen molar-refractivity contribution in [3.8, 4) is 11.8 Å². The zero-order valence-electron chi connectivity index (χ0n) is 11.3. The Morgan fingerprint density at radius 3 is 2.57 bits per heavy atom. The Hall–Kier alpha value is -2.45. The predicted octanol–water partition coefficient (Wildman–Crippen LogP) is 3.47. The molecule has 0 heterocycles. The summed E-state index contributed by atoms with van der Waals surface area (Å²) in [5.74, 6) is -0.854. The van der Waals surface area contributed by atoms with Gasteiger partial charge in [0.05, 0.1) is 11.7 Å². The van der Waals surface area contributed by atoms with E-state index in [0.717, 1.165) is 0 Å². The molecule has 0 radical (unpaired) electrons. The quantitative estimate of drug-likeness (QED) is 0.937. The molecule has 0 saturated carbocycles. The average molecular weight is 289 g/mol. The van der Waals surface area contributed by atoms with Crippen molar-refractivity contribution in [2.75, 3.05) is 0 Å². The molecule has 1 unspecified atom stereocenters. The molecule has 108 valence electrons. The summed E-state index contributed by atoms with van der Waals surface area (Å²) < 4.78 is 32.2. The molecule has 0 spiro atoms. The molecule has 1 N–H and O–H groups in total. The molecule has 0 fully saturated rings. The first-order chi connectivity index (χ1) is 10.0. The number of aliphatic hydroxyl groups excluding tert-OH is 1. The molecule has 0 aliphatic heterocycles. The maximum absolute atomic E-state index is 13.7. The highest BCUT2D eigenvalue weighted by Crippen LogP contribution is 2.22. The van der Waals surface area contributed by atoms with Crippen LogP contribution in [0.15, 0.2) is 36.4 Å². The maximum atomic E-state index is 13.7. The summed E-state index contributed by atoms with van der Waals surface area (Å²) in [5, 5.41) is 18.1. The Balaban J connectivity index is 2.10. The predicted molar refractivity (Wildman–Crippen MR) is 72.5 cm³/mol. The van der Waals surface area contributed by atoms with Crippen LogP contribution in [0.25, 0.3) is 0 Å².